The third-order valence-corrected chi connectivity index (χ3v) is 1.88. The molecule has 0 spiro atoms. The third-order valence-electron chi connectivity index (χ3n) is 1.88. The number of alkyl carbamates (subject to hydrolysis) is 1. The van der Waals surface area contributed by atoms with Gasteiger partial charge in [-0.05, 0) is 27.2 Å². The molecule has 0 fully saturated rings. The number of carbonyl (C=O) groups is 2. The Balaban J connectivity index is 4.01. The maximum absolute atomic E-state index is 11.3. The molecule has 0 aliphatic carbocycles. The lowest BCUT2D eigenvalue weighted by Crippen LogP contribution is -2.37. The zero-order valence-electron chi connectivity index (χ0n) is 10.4. The normalized spacial score (nSPS) is 13.0. The van der Waals surface area contributed by atoms with Crippen LogP contribution in [0.2, 0.25) is 0 Å². The summed E-state index contributed by atoms with van der Waals surface area (Å²) in [5, 5.41) is 11.3. The number of hydrogen-bond acceptors (Lipinski definition) is 3. The SMILES string of the molecule is CCC[C@H](CNC(=O)OC(C)(C)C)C(=O)O. The zero-order chi connectivity index (χ0) is 12.8. The molecule has 0 heterocycles. The Morgan fingerprint density at radius 3 is 2.31 bits per heavy atom. The number of carbonyl (C=O) groups excluding carboxylic acids is 1. The lowest BCUT2D eigenvalue weighted by molar-refractivity contribution is -0.141. The van der Waals surface area contributed by atoms with Gasteiger partial charge in [-0.25, -0.2) is 4.79 Å². The van der Waals surface area contributed by atoms with Crippen LogP contribution in [-0.4, -0.2) is 29.3 Å². The first-order valence-electron chi connectivity index (χ1n) is 5.46. The van der Waals surface area contributed by atoms with E-state index >= 15 is 0 Å². The van der Waals surface area contributed by atoms with Gasteiger partial charge in [-0.3, -0.25) is 4.79 Å². The van der Waals surface area contributed by atoms with E-state index < -0.39 is 23.6 Å². The molecule has 5 heteroatoms. The van der Waals surface area contributed by atoms with Gasteiger partial charge in [0.15, 0.2) is 0 Å². The van der Waals surface area contributed by atoms with Crippen LogP contribution in [-0.2, 0) is 9.53 Å². The standard InChI is InChI=1S/C11H21NO4/c1-5-6-8(9(13)14)7-12-10(15)16-11(2,3)4/h8H,5-7H2,1-4H3,(H,12,15)(H,13,14)/t8-/m1/s1. The first kappa shape index (κ1) is 14.7. The largest absolute Gasteiger partial charge is 0.481 e. The van der Waals surface area contributed by atoms with Crippen molar-refractivity contribution in [3.63, 3.8) is 0 Å². The molecule has 0 aromatic heterocycles. The summed E-state index contributed by atoms with van der Waals surface area (Å²) >= 11 is 0. The molecule has 5 nitrogen and oxygen atoms in total. The number of carboxylic acids is 1. The lowest BCUT2D eigenvalue weighted by atomic mass is 10.0. The molecule has 0 saturated heterocycles. The fraction of sp³-hybridized carbons (Fsp3) is 0.818. The minimum absolute atomic E-state index is 0.109. The number of amides is 1. The van der Waals surface area contributed by atoms with Crippen molar-refractivity contribution in [3.05, 3.63) is 0 Å². The van der Waals surface area contributed by atoms with Gasteiger partial charge in [0.25, 0.3) is 0 Å². The highest BCUT2D eigenvalue weighted by molar-refractivity contribution is 5.72. The Hall–Kier alpha value is -1.26. The molecule has 0 aromatic rings. The predicted molar refractivity (Wildman–Crippen MR) is 60.3 cm³/mol. The molecule has 0 saturated carbocycles. The van der Waals surface area contributed by atoms with Crippen LogP contribution < -0.4 is 5.32 Å². The molecule has 0 aliphatic rings. The topological polar surface area (TPSA) is 75.6 Å². The minimum atomic E-state index is -0.891. The Morgan fingerprint density at radius 2 is 1.94 bits per heavy atom. The lowest BCUT2D eigenvalue weighted by Gasteiger charge is -2.20. The summed E-state index contributed by atoms with van der Waals surface area (Å²) in [6.45, 7) is 7.29. The Kier molecular flexibility index (Phi) is 5.85. The number of ether oxygens (including phenoxy) is 1. The molecule has 2 N–H and O–H groups in total. The van der Waals surface area contributed by atoms with Crippen molar-refractivity contribution in [2.75, 3.05) is 6.54 Å². The molecule has 16 heavy (non-hydrogen) atoms. The average Bonchev–Trinajstić information content (AvgIpc) is 2.08. The van der Waals surface area contributed by atoms with Crippen molar-refractivity contribution in [1.29, 1.82) is 0 Å². The summed E-state index contributed by atoms with van der Waals surface area (Å²) in [6.07, 6.45) is 0.743. The van der Waals surface area contributed by atoms with Gasteiger partial charge in [-0.1, -0.05) is 13.3 Å². The van der Waals surface area contributed by atoms with E-state index in [-0.39, 0.29) is 6.54 Å². The maximum atomic E-state index is 11.3. The van der Waals surface area contributed by atoms with Gasteiger partial charge in [0.05, 0.1) is 5.92 Å². The molecule has 94 valence electrons. The van der Waals surface area contributed by atoms with Crippen molar-refractivity contribution < 1.29 is 19.4 Å². The van der Waals surface area contributed by atoms with Crippen LogP contribution in [0, 0.1) is 5.92 Å². The minimum Gasteiger partial charge on any atom is -0.481 e. The van der Waals surface area contributed by atoms with Gasteiger partial charge in [0, 0.05) is 6.54 Å². The van der Waals surface area contributed by atoms with Crippen LogP contribution in [0.25, 0.3) is 0 Å². The molecule has 1 amide bonds. The molecule has 0 radical (unpaired) electrons. The highest BCUT2D eigenvalue weighted by atomic mass is 16.6. The average molecular weight is 231 g/mol. The van der Waals surface area contributed by atoms with E-state index in [2.05, 4.69) is 5.32 Å². The second-order valence-electron chi connectivity index (χ2n) is 4.71. The van der Waals surface area contributed by atoms with Gasteiger partial charge < -0.3 is 15.2 Å². The van der Waals surface area contributed by atoms with E-state index in [1.807, 2.05) is 6.92 Å². The monoisotopic (exact) mass is 231 g/mol. The quantitative estimate of drug-likeness (QED) is 0.759. The van der Waals surface area contributed by atoms with E-state index in [0.29, 0.717) is 6.42 Å². The molecule has 0 aliphatic heterocycles. The summed E-state index contributed by atoms with van der Waals surface area (Å²) in [5.41, 5.74) is -0.562. The molecule has 0 bridgehead atoms. The number of hydrogen-bond donors (Lipinski definition) is 2. The molecule has 0 aromatic carbocycles. The molecular formula is C11H21NO4. The van der Waals surface area contributed by atoms with Gasteiger partial charge >= 0.3 is 12.1 Å². The van der Waals surface area contributed by atoms with Crippen LogP contribution in [0.1, 0.15) is 40.5 Å². The Labute approximate surface area is 96.2 Å². The van der Waals surface area contributed by atoms with Gasteiger partial charge in [0.2, 0.25) is 0 Å². The van der Waals surface area contributed by atoms with E-state index in [1.165, 1.54) is 0 Å². The smallest absolute Gasteiger partial charge is 0.407 e. The second-order valence-corrected chi connectivity index (χ2v) is 4.71. The van der Waals surface area contributed by atoms with Crippen LogP contribution in [0.15, 0.2) is 0 Å². The zero-order valence-corrected chi connectivity index (χ0v) is 10.4. The van der Waals surface area contributed by atoms with Crippen molar-refractivity contribution in [1.82, 2.24) is 5.32 Å². The predicted octanol–water partition coefficient (Wildman–Crippen LogP) is 2.01. The first-order chi connectivity index (χ1) is 7.26. The van der Waals surface area contributed by atoms with E-state index in [0.717, 1.165) is 6.42 Å². The molecule has 0 rings (SSSR count). The van der Waals surface area contributed by atoms with Crippen molar-refractivity contribution in [3.8, 4) is 0 Å². The van der Waals surface area contributed by atoms with Gasteiger partial charge in [0.1, 0.15) is 5.60 Å². The third kappa shape index (κ3) is 7.09. The summed E-state index contributed by atoms with van der Waals surface area (Å²) < 4.78 is 5.00. The number of rotatable bonds is 5. The summed E-state index contributed by atoms with van der Waals surface area (Å²) in [6, 6.07) is 0. The van der Waals surface area contributed by atoms with Gasteiger partial charge in [-0.2, -0.15) is 0 Å². The molecule has 1 atom stereocenters. The van der Waals surface area contributed by atoms with Gasteiger partial charge in [-0.15, -0.1) is 0 Å². The molecular weight excluding hydrogens is 210 g/mol. The van der Waals surface area contributed by atoms with Crippen LogP contribution in [0.3, 0.4) is 0 Å². The van der Waals surface area contributed by atoms with Crippen LogP contribution in [0.4, 0.5) is 4.79 Å². The van der Waals surface area contributed by atoms with E-state index in [9.17, 15) is 9.59 Å². The molecule has 0 unspecified atom stereocenters. The van der Waals surface area contributed by atoms with Crippen LogP contribution >= 0.6 is 0 Å². The fourth-order valence-electron chi connectivity index (χ4n) is 1.18. The summed E-state index contributed by atoms with van der Waals surface area (Å²) in [4.78, 5) is 22.1. The number of carboxylic acid groups (broad SMARTS) is 1. The Morgan fingerprint density at radius 1 is 1.38 bits per heavy atom. The first-order valence-corrected chi connectivity index (χ1v) is 5.46. The highest BCUT2D eigenvalue weighted by Gasteiger charge is 2.20. The summed E-state index contributed by atoms with van der Waals surface area (Å²) in [7, 11) is 0. The number of nitrogens with one attached hydrogen (secondary N) is 1. The van der Waals surface area contributed by atoms with Crippen LogP contribution in [0.5, 0.6) is 0 Å². The Bertz CT molecular complexity index is 245. The highest BCUT2D eigenvalue weighted by Crippen LogP contribution is 2.08. The second kappa shape index (κ2) is 6.35. The summed E-state index contributed by atoms with van der Waals surface area (Å²) in [5.74, 6) is -1.43. The maximum Gasteiger partial charge on any atom is 0.407 e. The fourth-order valence-corrected chi connectivity index (χ4v) is 1.18. The van der Waals surface area contributed by atoms with E-state index in [4.69, 9.17) is 9.84 Å². The number of aliphatic carboxylic acids is 1. The van der Waals surface area contributed by atoms with Crippen molar-refractivity contribution >= 4 is 12.1 Å². The van der Waals surface area contributed by atoms with E-state index in [1.54, 1.807) is 20.8 Å². The van der Waals surface area contributed by atoms with Crippen molar-refractivity contribution in [2.45, 2.75) is 46.1 Å². The van der Waals surface area contributed by atoms with Crippen molar-refractivity contribution in [2.24, 2.45) is 5.92 Å².